The van der Waals surface area contributed by atoms with Crippen LogP contribution in [0.5, 0.6) is 0 Å². The average Bonchev–Trinajstić information content (AvgIpc) is 3.16. The van der Waals surface area contributed by atoms with Crippen molar-refractivity contribution >= 4 is 33.4 Å². The molecule has 1 atom stereocenters. The molecular formula is C24H20BrFN2O2. The molecule has 1 aliphatic rings. The normalized spacial score (nSPS) is 13.6. The van der Waals surface area contributed by atoms with E-state index in [4.69, 9.17) is 0 Å². The van der Waals surface area contributed by atoms with Crippen LogP contribution in [0.25, 0.3) is 0 Å². The van der Waals surface area contributed by atoms with Crippen molar-refractivity contribution in [1.29, 1.82) is 0 Å². The van der Waals surface area contributed by atoms with Crippen molar-refractivity contribution in [2.45, 2.75) is 19.4 Å². The maximum Gasteiger partial charge on any atom is 0.252 e. The zero-order valence-electron chi connectivity index (χ0n) is 16.4. The molecule has 3 aromatic carbocycles. The smallest absolute Gasteiger partial charge is 0.252 e. The van der Waals surface area contributed by atoms with E-state index >= 15 is 0 Å². The summed E-state index contributed by atoms with van der Waals surface area (Å²) in [6, 6.07) is 18.8. The van der Waals surface area contributed by atoms with Gasteiger partial charge >= 0.3 is 0 Å². The van der Waals surface area contributed by atoms with Crippen LogP contribution in [0.15, 0.2) is 71.2 Å². The molecule has 0 aromatic heterocycles. The minimum absolute atomic E-state index is 0.0131. The van der Waals surface area contributed by atoms with Gasteiger partial charge < -0.3 is 10.2 Å². The van der Waals surface area contributed by atoms with Crippen molar-refractivity contribution in [3.8, 4) is 0 Å². The van der Waals surface area contributed by atoms with Crippen LogP contribution in [-0.4, -0.2) is 18.4 Å². The third kappa shape index (κ3) is 4.00. The number of carbonyl (C=O) groups is 2. The summed E-state index contributed by atoms with van der Waals surface area (Å²) < 4.78 is 15.4. The standard InChI is InChI=1S/C24H20BrFN2O2/c1-15(29)28-12-11-17-13-18(7-10-22(17)28)24(30)27-23(16-5-3-2-4-6-16)20-9-8-19(25)14-21(20)26/h2-10,13-14,23H,11-12H2,1H3,(H,27,30). The van der Waals surface area contributed by atoms with Crippen molar-refractivity contribution < 1.29 is 14.0 Å². The van der Waals surface area contributed by atoms with E-state index in [0.717, 1.165) is 16.8 Å². The zero-order chi connectivity index (χ0) is 21.3. The molecule has 0 saturated heterocycles. The predicted octanol–water partition coefficient (Wildman–Crippen LogP) is 5.02. The summed E-state index contributed by atoms with van der Waals surface area (Å²) in [6.45, 7) is 2.15. The van der Waals surface area contributed by atoms with E-state index in [-0.39, 0.29) is 11.8 Å². The Bertz CT molecular complexity index is 1120. The Morgan fingerprint density at radius 1 is 1.07 bits per heavy atom. The lowest BCUT2D eigenvalue weighted by molar-refractivity contribution is -0.116. The lowest BCUT2D eigenvalue weighted by Crippen LogP contribution is -2.30. The van der Waals surface area contributed by atoms with Gasteiger partial charge in [0.05, 0.1) is 6.04 Å². The first kappa shape index (κ1) is 20.3. The molecular weight excluding hydrogens is 447 g/mol. The van der Waals surface area contributed by atoms with Crippen molar-refractivity contribution in [1.82, 2.24) is 5.32 Å². The number of carbonyl (C=O) groups excluding carboxylic acids is 2. The molecule has 152 valence electrons. The van der Waals surface area contributed by atoms with Gasteiger partial charge in [-0.3, -0.25) is 9.59 Å². The average molecular weight is 467 g/mol. The van der Waals surface area contributed by atoms with Crippen LogP contribution in [-0.2, 0) is 11.2 Å². The van der Waals surface area contributed by atoms with Crippen molar-refractivity contribution in [3.63, 3.8) is 0 Å². The summed E-state index contributed by atoms with van der Waals surface area (Å²) in [6.07, 6.45) is 0.708. The predicted molar refractivity (Wildman–Crippen MR) is 118 cm³/mol. The summed E-state index contributed by atoms with van der Waals surface area (Å²) in [5.41, 5.74) is 3.47. The molecule has 3 aromatic rings. The maximum atomic E-state index is 14.7. The van der Waals surface area contributed by atoms with Gasteiger partial charge in [0.2, 0.25) is 5.91 Å². The molecule has 1 N–H and O–H groups in total. The SMILES string of the molecule is CC(=O)N1CCc2cc(C(=O)NC(c3ccccc3)c3ccc(Br)cc3F)ccc21. The number of halogens is 2. The van der Waals surface area contributed by atoms with Gasteiger partial charge in [0.15, 0.2) is 0 Å². The summed E-state index contributed by atoms with van der Waals surface area (Å²) in [5, 5.41) is 2.98. The van der Waals surface area contributed by atoms with E-state index in [1.54, 1.807) is 29.2 Å². The number of rotatable bonds is 4. The highest BCUT2D eigenvalue weighted by Gasteiger charge is 2.25. The molecule has 2 amide bonds. The van der Waals surface area contributed by atoms with Gasteiger partial charge in [-0.15, -0.1) is 0 Å². The van der Waals surface area contributed by atoms with Gasteiger partial charge in [-0.05, 0) is 47.9 Å². The second kappa shape index (κ2) is 8.40. The molecule has 0 radical (unpaired) electrons. The number of benzene rings is 3. The molecule has 30 heavy (non-hydrogen) atoms. The van der Waals surface area contributed by atoms with Crippen molar-refractivity contribution in [3.05, 3.63) is 99.3 Å². The van der Waals surface area contributed by atoms with Crippen LogP contribution >= 0.6 is 15.9 Å². The number of nitrogens with zero attached hydrogens (tertiary/aromatic N) is 1. The van der Waals surface area contributed by atoms with E-state index in [0.29, 0.717) is 28.6 Å². The Morgan fingerprint density at radius 2 is 1.83 bits per heavy atom. The minimum atomic E-state index is -0.631. The lowest BCUT2D eigenvalue weighted by atomic mass is 9.97. The highest BCUT2D eigenvalue weighted by molar-refractivity contribution is 9.10. The van der Waals surface area contributed by atoms with Crippen LogP contribution < -0.4 is 10.2 Å². The van der Waals surface area contributed by atoms with Gasteiger partial charge in [-0.2, -0.15) is 0 Å². The molecule has 4 nitrogen and oxygen atoms in total. The molecule has 0 saturated carbocycles. The molecule has 1 heterocycles. The van der Waals surface area contributed by atoms with E-state index in [2.05, 4.69) is 21.2 Å². The van der Waals surface area contributed by atoms with Crippen LogP contribution in [0.2, 0.25) is 0 Å². The highest BCUT2D eigenvalue weighted by Crippen LogP contribution is 2.30. The fraction of sp³-hybridized carbons (Fsp3) is 0.167. The largest absolute Gasteiger partial charge is 0.341 e. The van der Waals surface area contributed by atoms with Crippen molar-refractivity contribution in [2.24, 2.45) is 0 Å². The monoisotopic (exact) mass is 466 g/mol. The van der Waals surface area contributed by atoms with Gasteiger partial charge in [0, 0.05) is 34.8 Å². The Balaban J connectivity index is 1.65. The first-order chi connectivity index (χ1) is 14.4. The quantitative estimate of drug-likeness (QED) is 0.586. The zero-order valence-corrected chi connectivity index (χ0v) is 17.9. The van der Waals surface area contributed by atoms with E-state index in [9.17, 15) is 14.0 Å². The van der Waals surface area contributed by atoms with Gasteiger partial charge in [-0.1, -0.05) is 52.3 Å². The number of anilines is 1. The minimum Gasteiger partial charge on any atom is -0.341 e. The number of nitrogens with one attached hydrogen (secondary N) is 1. The van der Waals surface area contributed by atoms with Crippen LogP contribution in [0.4, 0.5) is 10.1 Å². The summed E-state index contributed by atoms with van der Waals surface area (Å²) in [5.74, 6) is -0.708. The Morgan fingerprint density at radius 3 is 2.53 bits per heavy atom. The molecule has 1 aliphatic heterocycles. The van der Waals surface area contributed by atoms with Crippen LogP contribution in [0, 0.1) is 5.82 Å². The first-order valence-corrected chi connectivity index (χ1v) is 10.4. The second-order valence-corrected chi connectivity index (χ2v) is 8.16. The molecule has 0 fully saturated rings. The third-order valence-corrected chi connectivity index (χ3v) is 5.79. The fourth-order valence-corrected chi connectivity index (χ4v) is 4.14. The van der Waals surface area contributed by atoms with Crippen molar-refractivity contribution in [2.75, 3.05) is 11.4 Å². The fourth-order valence-electron chi connectivity index (χ4n) is 3.81. The van der Waals surface area contributed by atoms with Gasteiger partial charge in [0.1, 0.15) is 5.82 Å². The van der Waals surface area contributed by atoms with Crippen LogP contribution in [0.1, 0.15) is 40.0 Å². The summed E-state index contributed by atoms with van der Waals surface area (Å²) in [4.78, 5) is 26.5. The number of fused-ring (bicyclic) bond motifs is 1. The molecule has 0 spiro atoms. The molecule has 6 heteroatoms. The van der Waals surface area contributed by atoms with Gasteiger partial charge in [0.25, 0.3) is 5.91 Å². The molecule has 0 bridgehead atoms. The van der Waals surface area contributed by atoms with E-state index in [1.165, 1.54) is 13.0 Å². The lowest BCUT2D eigenvalue weighted by Gasteiger charge is -2.21. The maximum absolute atomic E-state index is 14.7. The Kier molecular flexibility index (Phi) is 5.68. The van der Waals surface area contributed by atoms with Gasteiger partial charge in [-0.25, -0.2) is 4.39 Å². The number of hydrogen-bond donors (Lipinski definition) is 1. The molecule has 0 aliphatic carbocycles. The Hall–Kier alpha value is -2.99. The Labute approximate surface area is 182 Å². The van der Waals surface area contributed by atoms with E-state index < -0.39 is 11.9 Å². The topological polar surface area (TPSA) is 49.4 Å². The van der Waals surface area contributed by atoms with Crippen LogP contribution in [0.3, 0.4) is 0 Å². The highest BCUT2D eigenvalue weighted by atomic mass is 79.9. The number of amides is 2. The third-order valence-electron chi connectivity index (χ3n) is 5.30. The summed E-state index contributed by atoms with van der Waals surface area (Å²) >= 11 is 3.28. The second-order valence-electron chi connectivity index (χ2n) is 7.25. The first-order valence-electron chi connectivity index (χ1n) is 9.66. The number of hydrogen-bond acceptors (Lipinski definition) is 2. The molecule has 1 unspecified atom stereocenters. The summed E-state index contributed by atoms with van der Waals surface area (Å²) in [7, 11) is 0. The molecule has 4 rings (SSSR count). The van der Waals surface area contributed by atoms with E-state index in [1.807, 2.05) is 36.4 Å².